The minimum atomic E-state index is -0.458. The van der Waals surface area contributed by atoms with Crippen molar-refractivity contribution < 1.29 is 9.66 Å². The van der Waals surface area contributed by atoms with Crippen LogP contribution in [0.25, 0.3) is 0 Å². The minimum absolute atomic E-state index is 0.0372. The van der Waals surface area contributed by atoms with Gasteiger partial charge in [-0.3, -0.25) is 10.1 Å². The van der Waals surface area contributed by atoms with Crippen molar-refractivity contribution in [3.8, 4) is 11.5 Å². The van der Waals surface area contributed by atoms with Crippen LogP contribution >= 0.6 is 15.9 Å². The van der Waals surface area contributed by atoms with Gasteiger partial charge in [0, 0.05) is 17.7 Å². The molecule has 0 aliphatic rings. The highest BCUT2D eigenvalue weighted by Crippen LogP contribution is 2.38. The normalized spacial score (nSPS) is 12.0. The first-order valence-electron chi connectivity index (χ1n) is 6.49. The molecule has 0 radical (unpaired) electrons. The van der Waals surface area contributed by atoms with Crippen molar-refractivity contribution in [3.05, 3.63) is 62.6 Å². The second-order valence-corrected chi connectivity index (χ2v) is 5.29. The Bertz CT molecular complexity index is 661. The molecule has 2 rings (SSSR count). The van der Waals surface area contributed by atoms with Crippen LogP contribution in [-0.4, -0.2) is 4.92 Å². The number of rotatable bonds is 5. The molecule has 0 fully saturated rings. The van der Waals surface area contributed by atoms with Crippen molar-refractivity contribution >= 4 is 21.6 Å². The van der Waals surface area contributed by atoms with Crippen LogP contribution in [-0.2, 0) is 0 Å². The molecular weight excluding hydrogens is 336 g/mol. The van der Waals surface area contributed by atoms with Gasteiger partial charge in [0.2, 0.25) is 0 Å². The number of nitro groups is 1. The lowest BCUT2D eigenvalue weighted by atomic mass is 10.0. The third-order valence-electron chi connectivity index (χ3n) is 3.12. The summed E-state index contributed by atoms with van der Waals surface area (Å²) in [6, 6.07) is 12.0. The Morgan fingerprint density at radius 3 is 2.57 bits per heavy atom. The molecule has 2 aromatic rings. The number of hydrogen-bond donors (Lipinski definition) is 1. The van der Waals surface area contributed by atoms with Gasteiger partial charge >= 0.3 is 0 Å². The van der Waals surface area contributed by atoms with Crippen molar-refractivity contribution in [3.63, 3.8) is 0 Å². The predicted octanol–water partition coefficient (Wildman–Crippen LogP) is 4.56. The summed E-state index contributed by atoms with van der Waals surface area (Å²) < 4.78 is 6.14. The van der Waals surface area contributed by atoms with E-state index < -0.39 is 4.92 Å². The molecule has 6 heteroatoms. The Labute approximate surface area is 131 Å². The minimum Gasteiger partial charge on any atom is -0.456 e. The number of halogens is 1. The SMILES string of the molecule is CCC(N)c1ccccc1Oc1cccc([N+](=O)[O-])c1Br. The summed E-state index contributed by atoms with van der Waals surface area (Å²) in [5.74, 6) is 0.994. The molecule has 0 aromatic heterocycles. The summed E-state index contributed by atoms with van der Waals surface area (Å²) >= 11 is 3.22. The maximum absolute atomic E-state index is 10.9. The molecule has 21 heavy (non-hydrogen) atoms. The monoisotopic (exact) mass is 350 g/mol. The van der Waals surface area contributed by atoms with Crippen LogP contribution in [0.15, 0.2) is 46.9 Å². The average Bonchev–Trinajstić information content (AvgIpc) is 2.49. The van der Waals surface area contributed by atoms with E-state index in [0.717, 1.165) is 12.0 Å². The highest BCUT2D eigenvalue weighted by Gasteiger charge is 2.18. The van der Waals surface area contributed by atoms with Gasteiger partial charge in [0.15, 0.2) is 0 Å². The number of nitro benzene ring substituents is 1. The standard InChI is InChI=1S/C15H15BrN2O3/c1-2-11(17)10-6-3-4-8-13(10)21-14-9-5-7-12(15(14)16)18(19)20/h3-9,11H,2,17H2,1H3. The maximum Gasteiger partial charge on any atom is 0.287 e. The average molecular weight is 351 g/mol. The van der Waals surface area contributed by atoms with Crippen LogP contribution in [0, 0.1) is 10.1 Å². The highest BCUT2D eigenvalue weighted by molar-refractivity contribution is 9.10. The Kier molecular flexibility index (Phi) is 4.93. The first-order chi connectivity index (χ1) is 10.0. The lowest BCUT2D eigenvalue weighted by molar-refractivity contribution is -0.385. The van der Waals surface area contributed by atoms with Gasteiger partial charge in [-0.25, -0.2) is 0 Å². The van der Waals surface area contributed by atoms with Crippen LogP contribution in [0.5, 0.6) is 11.5 Å². The van der Waals surface area contributed by atoms with Gasteiger partial charge in [-0.2, -0.15) is 0 Å². The zero-order valence-corrected chi connectivity index (χ0v) is 13.0. The summed E-state index contributed by atoms with van der Waals surface area (Å²) in [5, 5.41) is 10.9. The molecule has 5 nitrogen and oxygen atoms in total. The molecule has 0 aliphatic heterocycles. The van der Waals surface area contributed by atoms with Gasteiger partial charge in [0.1, 0.15) is 16.0 Å². The van der Waals surface area contributed by atoms with Crippen LogP contribution in [0.1, 0.15) is 24.9 Å². The third-order valence-corrected chi connectivity index (χ3v) is 3.91. The van der Waals surface area contributed by atoms with Gasteiger partial charge in [-0.1, -0.05) is 31.2 Å². The fraction of sp³-hybridized carbons (Fsp3) is 0.200. The second kappa shape index (κ2) is 6.69. The Morgan fingerprint density at radius 1 is 1.24 bits per heavy atom. The summed E-state index contributed by atoms with van der Waals surface area (Å²) in [6.07, 6.45) is 0.774. The van der Waals surface area contributed by atoms with Crippen LogP contribution in [0.2, 0.25) is 0 Å². The predicted molar refractivity (Wildman–Crippen MR) is 84.5 cm³/mol. The van der Waals surface area contributed by atoms with Gasteiger partial charge in [0.25, 0.3) is 5.69 Å². The largest absolute Gasteiger partial charge is 0.456 e. The first kappa shape index (κ1) is 15.5. The second-order valence-electron chi connectivity index (χ2n) is 4.50. The number of ether oxygens (including phenoxy) is 1. The van der Waals surface area contributed by atoms with E-state index in [1.807, 2.05) is 25.1 Å². The van der Waals surface area contributed by atoms with Crippen LogP contribution < -0.4 is 10.5 Å². The molecule has 0 spiro atoms. The van der Waals surface area contributed by atoms with Crippen molar-refractivity contribution in [2.45, 2.75) is 19.4 Å². The summed E-state index contributed by atoms with van der Waals surface area (Å²) in [4.78, 5) is 10.5. The summed E-state index contributed by atoms with van der Waals surface area (Å²) in [5.41, 5.74) is 6.90. The zero-order chi connectivity index (χ0) is 15.4. The summed E-state index contributed by atoms with van der Waals surface area (Å²) in [7, 11) is 0. The lowest BCUT2D eigenvalue weighted by Crippen LogP contribution is -2.09. The van der Waals surface area contributed by atoms with Crippen LogP contribution in [0.4, 0.5) is 5.69 Å². The summed E-state index contributed by atoms with van der Waals surface area (Å²) in [6.45, 7) is 1.99. The van der Waals surface area contributed by atoms with E-state index in [2.05, 4.69) is 15.9 Å². The van der Waals surface area contributed by atoms with Gasteiger partial charge in [-0.05, 0) is 34.5 Å². The van der Waals surface area contributed by atoms with Gasteiger partial charge in [0.05, 0.1) is 4.92 Å². The molecule has 0 saturated heterocycles. The molecule has 0 aliphatic carbocycles. The lowest BCUT2D eigenvalue weighted by Gasteiger charge is -2.16. The fourth-order valence-electron chi connectivity index (χ4n) is 1.94. The van der Waals surface area contributed by atoms with Gasteiger partial charge < -0.3 is 10.5 Å². The van der Waals surface area contributed by atoms with Gasteiger partial charge in [-0.15, -0.1) is 0 Å². The molecule has 110 valence electrons. The van der Waals surface area contributed by atoms with E-state index in [0.29, 0.717) is 16.0 Å². The van der Waals surface area contributed by atoms with E-state index >= 15 is 0 Å². The van der Waals surface area contributed by atoms with Crippen molar-refractivity contribution in [1.29, 1.82) is 0 Å². The number of hydrogen-bond acceptors (Lipinski definition) is 4. The van der Waals surface area contributed by atoms with E-state index in [1.165, 1.54) is 6.07 Å². The molecule has 1 atom stereocenters. The molecule has 2 N–H and O–H groups in total. The van der Waals surface area contributed by atoms with Crippen molar-refractivity contribution in [2.24, 2.45) is 5.73 Å². The molecule has 0 saturated carbocycles. The van der Waals surface area contributed by atoms with E-state index in [1.54, 1.807) is 18.2 Å². The number of nitrogens with two attached hydrogens (primary N) is 1. The third kappa shape index (κ3) is 3.40. The van der Waals surface area contributed by atoms with E-state index in [9.17, 15) is 10.1 Å². The molecule has 0 heterocycles. The quantitative estimate of drug-likeness (QED) is 0.633. The Morgan fingerprint density at radius 2 is 1.90 bits per heavy atom. The molecule has 0 bridgehead atoms. The zero-order valence-electron chi connectivity index (χ0n) is 11.5. The number of para-hydroxylation sites is 1. The van der Waals surface area contributed by atoms with E-state index in [4.69, 9.17) is 10.5 Å². The number of benzene rings is 2. The molecule has 2 aromatic carbocycles. The Hall–Kier alpha value is -1.92. The van der Waals surface area contributed by atoms with E-state index in [-0.39, 0.29) is 11.7 Å². The molecule has 1 unspecified atom stereocenters. The van der Waals surface area contributed by atoms with Crippen molar-refractivity contribution in [2.75, 3.05) is 0 Å². The molecular formula is C15H15BrN2O3. The Balaban J connectivity index is 2.40. The molecule has 0 amide bonds. The van der Waals surface area contributed by atoms with Crippen LogP contribution in [0.3, 0.4) is 0 Å². The van der Waals surface area contributed by atoms with Crippen molar-refractivity contribution in [1.82, 2.24) is 0 Å². The number of nitrogens with zero attached hydrogens (tertiary/aromatic N) is 1. The highest BCUT2D eigenvalue weighted by atomic mass is 79.9. The first-order valence-corrected chi connectivity index (χ1v) is 7.29. The fourth-order valence-corrected chi connectivity index (χ4v) is 2.43. The topological polar surface area (TPSA) is 78.4 Å². The smallest absolute Gasteiger partial charge is 0.287 e. The maximum atomic E-state index is 10.9.